The summed E-state index contributed by atoms with van der Waals surface area (Å²) in [6.07, 6.45) is 0.522. The smallest absolute Gasteiger partial charge is 0.255 e. The molecule has 3 aliphatic heterocycles. The molecule has 3 aliphatic rings. The van der Waals surface area contributed by atoms with Gasteiger partial charge in [0.25, 0.3) is 5.91 Å². The third-order valence-corrected chi connectivity index (χ3v) is 8.51. The first kappa shape index (κ1) is 27.8. The lowest BCUT2D eigenvalue weighted by molar-refractivity contribution is -0.136. The average molecular weight is 575 g/mol. The van der Waals surface area contributed by atoms with Gasteiger partial charge in [-0.1, -0.05) is 30.3 Å². The van der Waals surface area contributed by atoms with Crippen molar-refractivity contribution in [3.05, 3.63) is 94.6 Å². The Morgan fingerprint density at radius 1 is 0.976 bits per heavy atom. The Kier molecular flexibility index (Phi) is 7.64. The summed E-state index contributed by atoms with van der Waals surface area (Å²) in [5.41, 5.74) is 3.84. The second-order valence-corrected chi connectivity index (χ2v) is 11.0. The summed E-state index contributed by atoms with van der Waals surface area (Å²) in [6, 6.07) is 16.8. The molecule has 2 atom stereocenters. The van der Waals surface area contributed by atoms with Gasteiger partial charge in [-0.2, -0.15) is 0 Å². The largest absolute Gasteiger partial charge is 0.489 e. The maximum absolute atomic E-state index is 14.2. The molecule has 3 aromatic carbocycles. The maximum atomic E-state index is 14.2. The molecule has 0 aromatic heterocycles. The molecule has 6 rings (SSSR count). The molecule has 0 spiro atoms. The van der Waals surface area contributed by atoms with Gasteiger partial charge in [0.15, 0.2) is 0 Å². The summed E-state index contributed by atoms with van der Waals surface area (Å²) in [6.45, 7) is 5.56. The Labute approximate surface area is 242 Å². The van der Waals surface area contributed by atoms with Crippen molar-refractivity contribution in [3.63, 3.8) is 0 Å². The Morgan fingerprint density at radius 2 is 1.74 bits per heavy atom. The third-order valence-electron chi connectivity index (χ3n) is 8.51. The standard InChI is InChI=1S/C32H32F2N4O4/c1-20(36-13-15-37(16-14-36)27-10-9-23(33)17-26(27)34)22-7-5-21(6-8-22)19-42-29-4-2-3-24-25(29)18-38(32(24)41)28-11-12-30(39)35-31(28)40/h2-10,17,20,28H,11-16,18-19H2,1H3,(H,35,39,40)/t20-,28?/m1/s1. The van der Waals surface area contributed by atoms with E-state index in [1.54, 1.807) is 12.1 Å². The molecular formula is C32H32F2N4O4. The molecule has 2 fully saturated rings. The number of rotatable bonds is 7. The molecule has 8 nitrogen and oxygen atoms in total. The lowest BCUT2D eigenvalue weighted by Crippen LogP contribution is -2.52. The zero-order valence-corrected chi connectivity index (χ0v) is 23.3. The van der Waals surface area contributed by atoms with Crippen molar-refractivity contribution >= 4 is 23.4 Å². The van der Waals surface area contributed by atoms with Crippen molar-refractivity contribution in [2.75, 3.05) is 31.1 Å². The number of piperidine rings is 1. The van der Waals surface area contributed by atoms with Crippen LogP contribution in [0, 0.1) is 11.6 Å². The molecule has 218 valence electrons. The van der Waals surface area contributed by atoms with Gasteiger partial charge < -0.3 is 14.5 Å². The van der Waals surface area contributed by atoms with Crippen molar-refractivity contribution in [1.82, 2.24) is 15.1 Å². The molecule has 0 saturated carbocycles. The Bertz CT molecular complexity index is 1520. The van der Waals surface area contributed by atoms with E-state index in [9.17, 15) is 23.2 Å². The molecule has 10 heteroatoms. The first-order valence-electron chi connectivity index (χ1n) is 14.2. The summed E-state index contributed by atoms with van der Waals surface area (Å²) in [5, 5.41) is 2.33. The number of nitrogens with zero attached hydrogens (tertiary/aromatic N) is 3. The molecule has 0 aliphatic carbocycles. The highest BCUT2D eigenvalue weighted by molar-refractivity contribution is 6.05. The van der Waals surface area contributed by atoms with E-state index in [0.717, 1.165) is 35.8 Å². The Morgan fingerprint density at radius 3 is 2.45 bits per heavy atom. The van der Waals surface area contributed by atoms with E-state index < -0.39 is 23.6 Å². The van der Waals surface area contributed by atoms with E-state index in [2.05, 4.69) is 29.3 Å². The zero-order valence-electron chi connectivity index (χ0n) is 23.3. The lowest BCUT2D eigenvalue weighted by atomic mass is 10.0. The van der Waals surface area contributed by atoms with Gasteiger partial charge in [-0.05, 0) is 48.7 Å². The van der Waals surface area contributed by atoms with Crippen LogP contribution in [0.5, 0.6) is 5.75 Å². The van der Waals surface area contributed by atoms with Crippen molar-refractivity contribution in [2.45, 2.75) is 45.0 Å². The number of imide groups is 1. The fourth-order valence-corrected chi connectivity index (χ4v) is 6.04. The molecule has 1 N–H and O–H groups in total. The summed E-state index contributed by atoms with van der Waals surface area (Å²) in [7, 11) is 0. The van der Waals surface area contributed by atoms with Gasteiger partial charge >= 0.3 is 0 Å². The minimum Gasteiger partial charge on any atom is -0.489 e. The number of anilines is 1. The molecule has 1 unspecified atom stereocenters. The van der Waals surface area contributed by atoms with Crippen LogP contribution in [0.4, 0.5) is 14.5 Å². The van der Waals surface area contributed by atoms with Crippen LogP contribution in [-0.2, 0) is 22.7 Å². The van der Waals surface area contributed by atoms with Crippen molar-refractivity contribution in [2.24, 2.45) is 0 Å². The number of carbonyl (C=O) groups is 3. The molecule has 0 radical (unpaired) electrons. The molecule has 42 heavy (non-hydrogen) atoms. The minimum absolute atomic E-state index is 0.168. The van der Waals surface area contributed by atoms with E-state index in [1.165, 1.54) is 17.0 Å². The third kappa shape index (κ3) is 5.46. The second kappa shape index (κ2) is 11.5. The number of carbonyl (C=O) groups excluding carboxylic acids is 3. The number of amides is 3. The highest BCUT2D eigenvalue weighted by Gasteiger charge is 2.40. The van der Waals surface area contributed by atoms with Gasteiger partial charge in [-0.25, -0.2) is 8.78 Å². The van der Waals surface area contributed by atoms with E-state index in [0.29, 0.717) is 43.1 Å². The number of hydrogen-bond donors (Lipinski definition) is 1. The number of halogens is 2. The molecular weight excluding hydrogens is 542 g/mol. The highest BCUT2D eigenvalue weighted by Crippen LogP contribution is 2.34. The molecule has 3 amide bonds. The fourth-order valence-electron chi connectivity index (χ4n) is 6.04. The van der Waals surface area contributed by atoms with Crippen molar-refractivity contribution < 1.29 is 27.9 Å². The summed E-state index contributed by atoms with van der Waals surface area (Å²) in [5.74, 6) is -1.49. The number of fused-ring (bicyclic) bond motifs is 1. The average Bonchev–Trinajstić information content (AvgIpc) is 3.32. The first-order valence-corrected chi connectivity index (χ1v) is 14.2. The van der Waals surface area contributed by atoms with Crippen LogP contribution in [-0.4, -0.2) is 59.7 Å². The van der Waals surface area contributed by atoms with Crippen LogP contribution in [0.3, 0.4) is 0 Å². The van der Waals surface area contributed by atoms with Crippen molar-refractivity contribution in [3.8, 4) is 5.75 Å². The monoisotopic (exact) mass is 574 g/mol. The first-order chi connectivity index (χ1) is 20.3. The predicted octanol–water partition coefficient (Wildman–Crippen LogP) is 4.19. The van der Waals surface area contributed by atoms with Crippen LogP contribution in [0.2, 0.25) is 0 Å². The summed E-state index contributed by atoms with van der Waals surface area (Å²) in [4.78, 5) is 42.8. The molecule has 3 aromatic rings. The topological polar surface area (TPSA) is 82.2 Å². The normalized spacial score (nSPS) is 20.0. The van der Waals surface area contributed by atoms with Crippen LogP contribution < -0.4 is 15.0 Å². The number of piperazine rings is 1. The minimum atomic E-state index is -0.669. The van der Waals surface area contributed by atoms with Gasteiger partial charge in [0.05, 0.1) is 12.2 Å². The van der Waals surface area contributed by atoms with E-state index in [4.69, 9.17) is 4.74 Å². The van der Waals surface area contributed by atoms with E-state index in [-0.39, 0.29) is 30.8 Å². The quantitative estimate of drug-likeness (QED) is 0.427. The van der Waals surface area contributed by atoms with Gasteiger partial charge in [-0.15, -0.1) is 0 Å². The van der Waals surface area contributed by atoms with Gasteiger partial charge in [0, 0.05) is 55.8 Å². The zero-order chi connectivity index (χ0) is 29.4. The van der Waals surface area contributed by atoms with Crippen LogP contribution in [0.1, 0.15) is 52.9 Å². The number of hydrogen-bond acceptors (Lipinski definition) is 6. The van der Waals surface area contributed by atoms with Crippen molar-refractivity contribution in [1.29, 1.82) is 0 Å². The summed E-state index contributed by atoms with van der Waals surface area (Å²) >= 11 is 0. The maximum Gasteiger partial charge on any atom is 0.255 e. The lowest BCUT2D eigenvalue weighted by Gasteiger charge is -2.39. The Balaban J connectivity index is 1.05. The fraction of sp³-hybridized carbons (Fsp3) is 0.344. The highest BCUT2D eigenvalue weighted by atomic mass is 19.1. The van der Waals surface area contributed by atoms with Crippen LogP contribution in [0.25, 0.3) is 0 Å². The predicted molar refractivity (Wildman–Crippen MR) is 152 cm³/mol. The van der Waals surface area contributed by atoms with E-state index in [1.807, 2.05) is 23.1 Å². The molecule has 3 heterocycles. The van der Waals surface area contributed by atoms with E-state index >= 15 is 0 Å². The van der Waals surface area contributed by atoms with Crippen LogP contribution in [0.15, 0.2) is 60.7 Å². The van der Waals surface area contributed by atoms with Gasteiger partial charge in [0.2, 0.25) is 11.8 Å². The summed E-state index contributed by atoms with van der Waals surface area (Å²) < 4.78 is 33.7. The number of benzene rings is 3. The van der Waals surface area contributed by atoms with Gasteiger partial charge in [-0.3, -0.25) is 24.6 Å². The second-order valence-electron chi connectivity index (χ2n) is 11.0. The molecule has 2 saturated heterocycles. The number of ether oxygens (including phenoxy) is 1. The van der Waals surface area contributed by atoms with Crippen LogP contribution >= 0.6 is 0 Å². The number of nitrogens with one attached hydrogen (secondary N) is 1. The molecule has 0 bridgehead atoms. The Hall–Kier alpha value is -4.31. The SMILES string of the molecule is C[C@H](c1ccc(COc2cccc3c2CN(C2CCC(=O)NC2=O)C3=O)cc1)N1CCN(c2ccc(F)cc2F)CC1. The van der Waals surface area contributed by atoms with Gasteiger partial charge in [0.1, 0.15) is 30.0 Å².